The molecule has 2 N–H and O–H groups in total. The van der Waals surface area contributed by atoms with Gasteiger partial charge in [0.25, 0.3) is 0 Å². The highest BCUT2D eigenvalue weighted by Gasteiger charge is 2.32. The minimum absolute atomic E-state index is 0.109. The van der Waals surface area contributed by atoms with Crippen molar-refractivity contribution < 1.29 is 24.2 Å². The van der Waals surface area contributed by atoms with E-state index in [1.54, 1.807) is 55.5 Å². The lowest BCUT2D eigenvalue weighted by molar-refractivity contribution is -0.150. The molecule has 6 nitrogen and oxygen atoms in total. The molecule has 2 aromatic rings. The van der Waals surface area contributed by atoms with Gasteiger partial charge < -0.3 is 15.2 Å². The van der Waals surface area contributed by atoms with E-state index in [0.29, 0.717) is 23.2 Å². The SMILES string of the molecule is C[C@H](C(=O)O[C@H]1CN[C@H](C(=O)O)C1)c1cccc(C(=O)c2ccccc2)c1. The van der Waals surface area contributed by atoms with Crippen molar-refractivity contribution in [2.24, 2.45) is 0 Å². The molecule has 0 saturated carbocycles. The van der Waals surface area contributed by atoms with Gasteiger partial charge in [0.15, 0.2) is 5.78 Å². The topological polar surface area (TPSA) is 92.7 Å². The van der Waals surface area contributed by atoms with Gasteiger partial charge in [0, 0.05) is 24.1 Å². The molecule has 140 valence electrons. The summed E-state index contributed by atoms with van der Waals surface area (Å²) in [7, 11) is 0. The Balaban J connectivity index is 1.68. The molecule has 1 aliphatic rings. The smallest absolute Gasteiger partial charge is 0.320 e. The second-order valence-electron chi connectivity index (χ2n) is 6.64. The average molecular weight is 367 g/mol. The van der Waals surface area contributed by atoms with Crippen molar-refractivity contribution in [1.82, 2.24) is 5.32 Å². The fourth-order valence-electron chi connectivity index (χ4n) is 3.09. The fourth-order valence-corrected chi connectivity index (χ4v) is 3.09. The van der Waals surface area contributed by atoms with E-state index in [2.05, 4.69) is 5.32 Å². The van der Waals surface area contributed by atoms with Gasteiger partial charge in [0.1, 0.15) is 12.1 Å². The number of hydrogen-bond acceptors (Lipinski definition) is 5. The van der Waals surface area contributed by atoms with Crippen LogP contribution in [0.15, 0.2) is 54.6 Å². The number of carbonyl (C=O) groups excluding carboxylic acids is 2. The van der Waals surface area contributed by atoms with E-state index in [1.165, 1.54) is 0 Å². The molecule has 27 heavy (non-hydrogen) atoms. The van der Waals surface area contributed by atoms with Crippen LogP contribution in [0.1, 0.15) is 40.7 Å². The van der Waals surface area contributed by atoms with Gasteiger partial charge in [-0.05, 0) is 18.6 Å². The van der Waals surface area contributed by atoms with Crippen LogP contribution in [0.25, 0.3) is 0 Å². The molecule has 0 aliphatic carbocycles. The van der Waals surface area contributed by atoms with E-state index in [4.69, 9.17) is 9.84 Å². The molecule has 3 rings (SSSR count). The van der Waals surface area contributed by atoms with Gasteiger partial charge in [0.05, 0.1) is 5.92 Å². The summed E-state index contributed by atoms with van der Waals surface area (Å²) >= 11 is 0. The molecule has 0 spiro atoms. The molecule has 1 fully saturated rings. The summed E-state index contributed by atoms with van der Waals surface area (Å²) < 4.78 is 5.44. The van der Waals surface area contributed by atoms with Gasteiger partial charge >= 0.3 is 11.9 Å². The molecule has 6 heteroatoms. The fraction of sp³-hybridized carbons (Fsp3) is 0.286. The van der Waals surface area contributed by atoms with Crippen molar-refractivity contribution in [1.29, 1.82) is 0 Å². The van der Waals surface area contributed by atoms with Crippen molar-refractivity contribution in [2.45, 2.75) is 31.4 Å². The minimum Gasteiger partial charge on any atom is -0.480 e. The maximum absolute atomic E-state index is 12.6. The maximum atomic E-state index is 12.6. The third kappa shape index (κ3) is 4.41. The minimum atomic E-state index is -0.950. The Kier molecular flexibility index (Phi) is 5.66. The Bertz CT molecular complexity index is 849. The van der Waals surface area contributed by atoms with Crippen molar-refractivity contribution in [3.05, 3.63) is 71.3 Å². The summed E-state index contributed by atoms with van der Waals surface area (Å²) in [5.74, 6) is -2.05. The van der Waals surface area contributed by atoms with E-state index in [0.717, 1.165) is 0 Å². The maximum Gasteiger partial charge on any atom is 0.320 e. The molecular formula is C21H21NO5. The summed E-state index contributed by atoms with van der Waals surface area (Å²) in [6, 6.07) is 15.2. The zero-order chi connectivity index (χ0) is 19.4. The number of hydrogen-bond donors (Lipinski definition) is 2. The summed E-state index contributed by atoms with van der Waals surface area (Å²) in [5, 5.41) is 11.8. The van der Waals surface area contributed by atoms with E-state index in [9.17, 15) is 14.4 Å². The van der Waals surface area contributed by atoms with Gasteiger partial charge in [-0.2, -0.15) is 0 Å². The molecule has 1 saturated heterocycles. The molecule has 3 atom stereocenters. The van der Waals surface area contributed by atoms with Gasteiger partial charge in [-0.1, -0.05) is 48.5 Å². The lowest BCUT2D eigenvalue weighted by Crippen LogP contribution is -2.30. The zero-order valence-corrected chi connectivity index (χ0v) is 14.9. The van der Waals surface area contributed by atoms with E-state index in [1.807, 2.05) is 6.07 Å². The standard InChI is InChI=1S/C21H21NO5/c1-13(21(26)27-17-11-18(20(24)25)22-12-17)15-8-5-9-16(10-15)19(23)14-6-3-2-4-7-14/h2-10,13,17-18,22H,11-12H2,1H3,(H,24,25)/t13-,17+,18-/m0/s1. The van der Waals surface area contributed by atoms with Crippen LogP contribution in [-0.4, -0.2) is 41.5 Å². The number of carboxylic acid groups (broad SMARTS) is 1. The highest BCUT2D eigenvalue weighted by atomic mass is 16.5. The van der Waals surface area contributed by atoms with Crippen molar-refractivity contribution in [2.75, 3.05) is 6.54 Å². The van der Waals surface area contributed by atoms with Crippen LogP contribution in [-0.2, 0) is 14.3 Å². The number of nitrogens with one attached hydrogen (secondary N) is 1. The first kappa shape index (κ1) is 18.8. The van der Waals surface area contributed by atoms with Gasteiger partial charge in [-0.25, -0.2) is 0 Å². The van der Waals surface area contributed by atoms with Gasteiger partial charge in [-0.3, -0.25) is 14.4 Å². The Morgan fingerprint density at radius 2 is 1.78 bits per heavy atom. The van der Waals surface area contributed by atoms with E-state index >= 15 is 0 Å². The van der Waals surface area contributed by atoms with Crippen LogP contribution in [0, 0.1) is 0 Å². The van der Waals surface area contributed by atoms with Crippen LogP contribution in [0.3, 0.4) is 0 Å². The third-order valence-corrected chi connectivity index (χ3v) is 4.71. The van der Waals surface area contributed by atoms with Crippen LogP contribution < -0.4 is 5.32 Å². The Morgan fingerprint density at radius 1 is 1.07 bits per heavy atom. The highest BCUT2D eigenvalue weighted by Crippen LogP contribution is 2.22. The van der Waals surface area contributed by atoms with Crippen LogP contribution in [0.5, 0.6) is 0 Å². The molecule has 0 unspecified atom stereocenters. The summed E-state index contributed by atoms with van der Waals surface area (Å²) in [4.78, 5) is 36.0. The predicted octanol–water partition coefficient (Wildman–Crippen LogP) is 2.38. The molecule has 0 aromatic heterocycles. The number of carbonyl (C=O) groups is 3. The third-order valence-electron chi connectivity index (χ3n) is 4.71. The van der Waals surface area contributed by atoms with Crippen molar-refractivity contribution >= 4 is 17.7 Å². The zero-order valence-electron chi connectivity index (χ0n) is 14.9. The molecule has 1 heterocycles. The lowest BCUT2D eigenvalue weighted by atomic mass is 9.96. The Hall–Kier alpha value is -2.99. The predicted molar refractivity (Wildman–Crippen MR) is 98.7 cm³/mol. The van der Waals surface area contributed by atoms with Gasteiger partial charge in [-0.15, -0.1) is 0 Å². The largest absolute Gasteiger partial charge is 0.480 e. The number of benzene rings is 2. The highest BCUT2D eigenvalue weighted by molar-refractivity contribution is 6.09. The molecular weight excluding hydrogens is 346 g/mol. The van der Waals surface area contributed by atoms with Crippen LogP contribution >= 0.6 is 0 Å². The van der Waals surface area contributed by atoms with Crippen molar-refractivity contribution in [3.63, 3.8) is 0 Å². The number of ether oxygens (including phenoxy) is 1. The molecule has 0 bridgehead atoms. The van der Waals surface area contributed by atoms with Crippen molar-refractivity contribution in [3.8, 4) is 0 Å². The monoisotopic (exact) mass is 367 g/mol. The Morgan fingerprint density at radius 3 is 2.44 bits per heavy atom. The lowest BCUT2D eigenvalue weighted by Gasteiger charge is -2.16. The number of ketones is 1. The number of esters is 1. The molecule has 0 amide bonds. The number of rotatable bonds is 6. The van der Waals surface area contributed by atoms with Gasteiger partial charge in [0.2, 0.25) is 0 Å². The molecule has 0 radical (unpaired) electrons. The van der Waals surface area contributed by atoms with E-state index < -0.39 is 30.0 Å². The Labute approximate surface area is 157 Å². The number of carboxylic acids is 1. The van der Waals surface area contributed by atoms with Crippen LogP contribution in [0.2, 0.25) is 0 Å². The first-order chi connectivity index (χ1) is 13.0. The second kappa shape index (κ2) is 8.14. The van der Waals surface area contributed by atoms with Crippen LogP contribution in [0.4, 0.5) is 0 Å². The molecule has 2 aromatic carbocycles. The second-order valence-corrected chi connectivity index (χ2v) is 6.64. The summed E-state index contributed by atoms with van der Waals surface area (Å²) in [5.41, 5.74) is 1.77. The first-order valence-electron chi connectivity index (χ1n) is 8.82. The summed E-state index contributed by atoms with van der Waals surface area (Å²) in [6.45, 7) is 2.04. The summed E-state index contributed by atoms with van der Waals surface area (Å²) in [6.07, 6.45) is -0.212. The first-order valence-corrected chi connectivity index (χ1v) is 8.82. The quantitative estimate of drug-likeness (QED) is 0.602. The normalized spacial score (nSPS) is 20.0. The average Bonchev–Trinajstić information content (AvgIpc) is 3.16. The van der Waals surface area contributed by atoms with E-state index in [-0.39, 0.29) is 12.2 Å². The molecule has 1 aliphatic heterocycles. The number of aliphatic carboxylic acids is 1.